The van der Waals surface area contributed by atoms with E-state index >= 15 is 0 Å². The minimum Gasteiger partial charge on any atom is -0.368 e. The molecule has 0 radical (unpaired) electrons. The van der Waals surface area contributed by atoms with E-state index in [1.807, 2.05) is 30.5 Å². The zero-order chi connectivity index (χ0) is 18.6. The fourth-order valence-electron chi connectivity index (χ4n) is 3.56. The molecule has 7 nitrogen and oxygen atoms in total. The van der Waals surface area contributed by atoms with Crippen molar-refractivity contribution in [3.8, 4) is 0 Å². The first-order valence-corrected chi connectivity index (χ1v) is 9.63. The first-order chi connectivity index (χ1) is 13.2. The van der Waals surface area contributed by atoms with E-state index in [0.717, 1.165) is 81.2 Å². The number of amides is 1. The zero-order valence-electron chi connectivity index (χ0n) is 15.2. The molecule has 2 aromatic rings. The van der Waals surface area contributed by atoms with Gasteiger partial charge in [-0.1, -0.05) is 17.7 Å². The number of hydrogen-bond acceptors (Lipinski definition) is 6. The van der Waals surface area contributed by atoms with Crippen LogP contribution in [0.2, 0.25) is 5.02 Å². The van der Waals surface area contributed by atoms with Crippen LogP contribution in [0.15, 0.2) is 36.5 Å². The minimum absolute atomic E-state index is 0.737. The number of anilines is 3. The van der Waals surface area contributed by atoms with Crippen molar-refractivity contribution in [3.05, 3.63) is 41.6 Å². The third kappa shape index (κ3) is 4.08. The Labute approximate surface area is 164 Å². The lowest BCUT2D eigenvalue weighted by molar-refractivity contribution is -0.118. The molecule has 2 fully saturated rings. The predicted molar refractivity (Wildman–Crippen MR) is 108 cm³/mol. The van der Waals surface area contributed by atoms with Gasteiger partial charge in [0.1, 0.15) is 5.82 Å². The van der Waals surface area contributed by atoms with Crippen molar-refractivity contribution < 1.29 is 4.79 Å². The highest BCUT2D eigenvalue weighted by Gasteiger charge is 2.21. The molecule has 1 aromatic heterocycles. The van der Waals surface area contributed by atoms with Gasteiger partial charge in [0, 0.05) is 69.3 Å². The van der Waals surface area contributed by atoms with Crippen LogP contribution in [0, 0.1) is 0 Å². The van der Waals surface area contributed by atoms with E-state index in [-0.39, 0.29) is 0 Å². The third-order valence-electron chi connectivity index (χ3n) is 5.15. The van der Waals surface area contributed by atoms with Gasteiger partial charge in [-0.25, -0.2) is 4.98 Å². The van der Waals surface area contributed by atoms with Crippen molar-refractivity contribution in [3.63, 3.8) is 0 Å². The largest absolute Gasteiger partial charge is 0.368 e. The molecule has 8 heteroatoms. The van der Waals surface area contributed by atoms with Gasteiger partial charge < -0.3 is 19.6 Å². The molecule has 1 aromatic carbocycles. The summed E-state index contributed by atoms with van der Waals surface area (Å²) in [6.45, 7) is 6.64. The lowest BCUT2D eigenvalue weighted by Crippen LogP contribution is -2.48. The summed E-state index contributed by atoms with van der Waals surface area (Å²) in [6, 6.07) is 9.93. The molecule has 0 saturated carbocycles. The maximum atomic E-state index is 10.9. The van der Waals surface area contributed by atoms with E-state index in [1.54, 1.807) is 4.90 Å². The van der Waals surface area contributed by atoms with Gasteiger partial charge in [0.05, 0.1) is 0 Å². The second-order valence-corrected chi connectivity index (χ2v) is 7.23. The molecule has 0 atom stereocenters. The number of halogens is 1. The van der Waals surface area contributed by atoms with Crippen molar-refractivity contribution in [2.75, 3.05) is 67.1 Å². The minimum atomic E-state index is 0.737. The van der Waals surface area contributed by atoms with Crippen LogP contribution in [0.4, 0.5) is 17.5 Å². The molecule has 0 spiro atoms. The number of aromatic nitrogens is 2. The van der Waals surface area contributed by atoms with Gasteiger partial charge in [-0.05, 0) is 24.3 Å². The van der Waals surface area contributed by atoms with Gasteiger partial charge in [0.25, 0.3) is 0 Å². The summed E-state index contributed by atoms with van der Waals surface area (Å²) in [5, 5.41) is 0.764. The molecule has 2 saturated heterocycles. The Morgan fingerprint density at radius 2 is 1.59 bits per heavy atom. The Hall–Kier alpha value is -2.54. The van der Waals surface area contributed by atoms with Gasteiger partial charge in [0.15, 0.2) is 0 Å². The summed E-state index contributed by atoms with van der Waals surface area (Å²) in [7, 11) is 0. The van der Waals surface area contributed by atoms with Gasteiger partial charge >= 0.3 is 0 Å². The molecule has 4 rings (SSSR count). The van der Waals surface area contributed by atoms with E-state index in [0.29, 0.717) is 0 Å². The number of carbonyl (C=O) groups excluding carboxylic acids is 1. The summed E-state index contributed by atoms with van der Waals surface area (Å²) >= 11 is 6.11. The Morgan fingerprint density at radius 1 is 0.889 bits per heavy atom. The van der Waals surface area contributed by atoms with Crippen LogP contribution in [-0.2, 0) is 4.79 Å². The molecule has 0 aliphatic carbocycles. The third-order valence-corrected chi connectivity index (χ3v) is 5.39. The summed E-state index contributed by atoms with van der Waals surface area (Å²) < 4.78 is 0. The van der Waals surface area contributed by atoms with E-state index in [9.17, 15) is 4.79 Å². The molecule has 0 N–H and O–H groups in total. The summed E-state index contributed by atoms with van der Waals surface area (Å²) in [5.74, 6) is 1.71. The van der Waals surface area contributed by atoms with Crippen LogP contribution in [0.5, 0.6) is 0 Å². The lowest BCUT2D eigenvalue weighted by Gasteiger charge is -2.37. The molecular formula is C19H23ClN6O. The van der Waals surface area contributed by atoms with Gasteiger partial charge in [-0.2, -0.15) is 4.98 Å². The predicted octanol–water partition coefficient (Wildman–Crippen LogP) is 1.73. The fourth-order valence-corrected chi connectivity index (χ4v) is 3.75. The molecule has 142 valence electrons. The SMILES string of the molecule is O=CN1CCN(c2ccnc(N3CCN(c4cccc(Cl)c4)CC3)n2)CC1. The first kappa shape index (κ1) is 17.9. The standard InChI is InChI=1S/C19H23ClN6O/c20-16-2-1-3-17(14-16)24-10-12-26(13-11-24)19-21-5-4-18(22-19)25-8-6-23(15-27)7-9-25/h1-5,14-15H,6-13H2. The zero-order valence-corrected chi connectivity index (χ0v) is 15.9. The van der Waals surface area contributed by atoms with Gasteiger partial charge in [-0.15, -0.1) is 0 Å². The van der Waals surface area contributed by atoms with Crippen LogP contribution in [0.3, 0.4) is 0 Å². The van der Waals surface area contributed by atoms with Crippen molar-refractivity contribution in [1.29, 1.82) is 0 Å². The van der Waals surface area contributed by atoms with E-state index < -0.39 is 0 Å². The van der Waals surface area contributed by atoms with Crippen LogP contribution in [0.1, 0.15) is 0 Å². The lowest BCUT2D eigenvalue weighted by atomic mass is 10.2. The molecule has 2 aliphatic rings. The smallest absolute Gasteiger partial charge is 0.227 e. The monoisotopic (exact) mass is 386 g/mol. The molecule has 2 aliphatic heterocycles. The van der Waals surface area contributed by atoms with Crippen LogP contribution in [0.25, 0.3) is 0 Å². The second kappa shape index (κ2) is 8.00. The highest BCUT2D eigenvalue weighted by atomic mass is 35.5. The van der Waals surface area contributed by atoms with Crippen LogP contribution >= 0.6 is 11.6 Å². The quantitative estimate of drug-likeness (QED) is 0.746. The average molecular weight is 387 g/mol. The molecule has 1 amide bonds. The fraction of sp³-hybridized carbons (Fsp3) is 0.421. The van der Waals surface area contributed by atoms with Crippen molar-refractivity contribution >= 4 is 35.5 Å². The van der Waals surface area contributed by atoms with Crippen molar-refractivity contribution in [1.82, 2.24) is 14.9 Å². The Bertz CT molecular complexity index is 787. The summed E-state index contributed by atoms with van der Waals surface area (Å²) in [4.78, 5) is 28.7. The molecule has 27 heavy (non-hydrogen) atoms. The average Bonchev–Trinajstić information content (AvgIpc) is 2.74. The van der Waals surface area contributed by atoms with E-state index in [2.05, 4.69) is 25.8 Å². The van der Waals surface area contributed by atoms with Crippen LogP contribution < -0.4 is 14.7 Å². The number of piperazine rings is 2. The maximum Gasteiger partial charge on any atom is 0.227 e. The number of carbonyl (C=O) groups is 1. The van der Waals surface area contributed by atoms with Gasteiger partial charge in [0.2, 0.25) is 12.4 Å². The highest BCUT2D eigenvalue weighted by molar-refractivity contribution is 6.30. The van der Waals surface area contributed by atoms with Crippen molar-refractivity contribution in [2.45, 2.75) is 0 Å². The summed E-state index contributed by atoms with van der Waals surface area (Å²) in [5.41, 5.74) is 1.16. The van der Waals surface area contributed by atoms with Crippen LogP contribution in [-0.4, -0.2) is 73.6 Å². The number of nitrogens with zero attached hydrogens (tertiary/aromatic N) is 6. The Kier molecular flexibility index (Phi) is 5.29. The Balaban J connectivity index is 1.39. The van der Waals surface area contributed by atoms with Crippen molar-refractivity contribution in [2.24, 2.45) is 0 Å². The topological polar surface area (TPSA) is 55.8 Å². The van der Waals surface area contributed by atoms with E-state index in [1.165, 1.54) is 0 Å². The molecule has 0 unspecified atom stereocenters. The highest BCUT2D eigenvalue weighted by Crippen LogP contribution is 2.23. The normalized spacial score (nSPS) is 18.0. The van der Waals surface area contributed by atoms with E-state index in [4.69, 9.17) is 16.6 Å². The number of hydrogen-bond donors (Lipinski definition) is 0. The first-order valence-electron chi connectivity index (χ1n) is 9.26. The molecule has 0 bridgehead atoms. The van der Waals surface area contributed by atoms with Gasteiger partial charge in [-0.3, -0.25) is 4.79 Å². The molecular weight excluding hydrogens is 364 g/mol. The summed E-state index contributed by atoms with van der Waals surface area (Å²) in [6.07, 6.45) is 2.75. The number of benzene rings is 1. The number of rotatable bonds is 4. The second-order valence-electron chi connectivity index (χ2n) is 6.80. The molecule has 3 heterocycles. The maximum absolute atomic E-state index is 10.9. The Morgan fingerprint density at radius 3 is 2.30 bits per heavy atom.